The Morgan fingerprint density at radius 3 is 2.38 bits per heavy atom. The van der Waals surface area contributed by atoms with Gasteiger partial charge in [0.15, 0.2) is 5.78 Å². The van der Waals surface area contributed by atoms with Crippen LogP contribution in [0.25, 0.3) is 0 Å². The van der Waals surface area contributed by atoms with Gasteiger partial charge in [-0.1, -0.05) is 22.0 Å². The number of esters is 1. The second-order valence-electron chi connectivity index (χ2n) is 4.77. The van der Waals surface area contributed by atoms with Crippen molar-refractivity contribution in [2.24, 2.45) is 0 Å². The summed E-state index contributed by atoms with van der Waals surface area (Å²) in [7, 11) is 1.28. The predicted molar refractivity (Wildman–Crippen MR) is 94.0 cm³/mol. The van der Waals surface area contributed by atoms with E-state index < -0.39 is 11.9 Å². The van der Waals surface area contributed by atoms with Gasteiger partial charge in [-0.2, -0.15) is 0 Å². The predicted octanol–water partition coefficient (Wildman–Crippen LogP) is 3.61. The van der Waals surface area contributed by atoms with Crippen molar-refractivity contribution in [1.29, 1.82) is 0 Å². The zero-order chi connectivity index (χ0) is 17.5. The Bertz CT molecular complexity index is 797. The smallest absolute Gasteiger partial charge is 0.337 e. The molecule has 2 aromatic carbocycles. The summed E-state index contributed by atoms with van der Waals surface area (Å²) in [4.78, 5) is 35.3. The molecule has 0 bridgehead atoms. The Hall–Kier alpha value is -2.73. The average Bonchev–Trinajstić information content (AvgIpc) is 2.59. The third-order valence-corrected chi connectivity index (χ3v) is 3.59. The van der Waals surface area contributed by atoms with E-state index in [4.69, 9.17) is 0 Å². The fourth-order valence-corrected chi connectivity index (χ4v) is 2.15. The number of ketones is 1. The maximum Gasteiger partial charge on any atom is 0.337 e. The average molecular weight is 388 g/mol. The highest BCUT2D eigenvalue weighted by Crippen LogP contribution is 2.13. The van der Waals surface area contributed by atoms with Crippen molar-refractivity contribution in [1.82, 2.24) is 0 Å². The van der Waals surface area contributed by atoms with Crippen molar-refractivity contribution in [2.75, 3.05) is 12.4 Å². The number of halogens is 1. The Balaban J connectivity index is 2.01. The van der Waals surface area contributed by atoms with Crippen LogP contribution in [0.15, 0.2) is 65.2 Å². The lowest BCUT2D eigenvalue weighted by atomic mass is 10.1. The summed E-state index contributed by atoms with van der Waals surface area (Å²) in [6, 6.07) is 13.2. The second kappa shape index (κ2) is 8.21. The minimum absolute atomic E-state index is 0.277. The number of methoxy groups -OCH3 is 1. The number of benzene rings is 2. The quantitative estimate of drug-likeness (QED) is 0.483. The normalized spacial score (nSPS) is 10.4. The molecular formula is C18H14BrNO4. The van der Waals surface area contributed by atoms with Gasteiger partial charge in [0.05, 0.1) is 12.7 Å². The molecule has 0 heterocycles. The second-order valence-corrected chi connectivity index (χ2v) is 5.68. The zero-order valence-corrected chi connectivity index (χ0v) is 14.4. The van der Waals surface area contributed by atoms with Gasteiger partial charge in [-0.05, 0) is 48.5 Å². The molecule has 0 saturated heterocycles. The molecule has 1 amide bonds. The van der Waals surface area contributed by atoms with Gasteiger partial charge < -0.3 is 10.1 Å². The number of ether oxygens (including phenoxy) is 1. The molecule has 0 aliphatic carbocycles. The molecule has 0 fully saturated rings. The van der Waals surface area contributed by atoms with Crippen molar-refractivity contribution < 1.29 is 19.1 Å². The van der Waals surface area contributed by atoms with Gasteiger partial charge in [0.2, 0.25) is 5.91 Å². The van der Waals surface area contributed by atoms with Crippen LogP contribution in [0.2, 0.25) is 0 Å². The monoisotopic (exact) mass is 387 g/mol. The molecule has 0 atom stereocenters. The van der Waals surface area contributed by atoms with Gasteiger partial charge in [0.1, 0.15) is 0 Å². The van der Waals surface area contributed by atoms with E-state index in [2.05, 4.69) is 26.0 Å². The molecule has 0 spiro atoms. The molecule has 0 aliphatic heterocycles. The van der Waals surface area contributed by atoms with Crippen LogP contribution in [-0.2, 0) is 9.53 Å². The number of hydrogen-bond acceptors (Lipinski definition) is 4. The summed E-state index contributed by atoms with van der Waals surface area (Å²) in [5.74, 6) is -1.24. The first-order valence-corrected chi connectivity index (χ1v) is 7.76. The lowest BCUT2D eigenvalue weighted by Gasteiger charge is -2.04. The van der Waals surface area contributed by atoms with Gasteiger partial charge in [-0.15, -0.1) is 0 Å². The lowest BCUT2D eigenvalue weighted by molar-refractivity contribution is -0.111. The minimum atomic E-state index is -0.493. The first kappa shape index (κ1) is 17.6. The first-order valence-electron chi connectivity index (χ1n) is 6.97. The van der Waals surface area contributed by atoms with Gasteiger partial charge in [0.25, 0.3) is 0 Å². The van der Waals surface area contributed by atoms with Crippen molar-refractivity contribution in [3.8, 4) is 0 Å². The summed E-state index contributed by atoms with van der Waals surface area (Å²) >= 11 is 3.29. The van der Waals surface area contributed by atoms with Crippen LogP contribution in [0.1, 0.15) is 20.7 Å². The number of carbonyl (C=O) groups excluding carboxylic acids is 3. The Labute approximate surface area is 147 Å². The van der Waals surface area contributed by atoms with Crippen LogP contribution in [0.4, 0.5) is 5.69 Å². The number of anilines is 1. The van der Waals surface area contributed by atoms with E-state index in [0.717, 1.165) is 10.5 Å². The van der Waals surface area contributed by atoms with Crippen LogP contribution in [0.3, 0.4) is 0 Å². The number of hydrogen-bond donors (Lipinski definition) is 1. The molecule has 5 nitrogen and oxygen atoms in total. The molecule has 2 aromatic rings. The summed E-state index contributed by atoms with van der Waals surface area (Å²) in [6.45, 7) is 0. The number of allylic oxidation sites excluding steroid dienone is 1. The molecule has 0 radical (unpaired) electrons. The molecular weight excluding hydrogens is 374 g/mol. The van der Waals surface area contributed by atoms with E-state index in [1.807, 2.05) is 0 Å². The van der Waals surface area contributed by atoms with Crippen molar-refractivity contribution >= 4 is 39.3 Å². The maximum atomic E-state index is 12.0. The summed E-state index contributed by atoms with van der Waals surface area (Å²) in [6.07, 6.45) is 2.35. The summed E-state index contributed by atoms with van der Waals surface area (Å²) < 4.78 is 5.49. The van der Waals surface area contributed by atoms with E-state index in [0.29, 0.717) is 16.8 Å². The van der Waals surface area contributed by atoms with Crippen molar-refractivity contribution in [3.63, 3.8) is 0 Å². The standard InChI is InChI=1S/C18H14BrNO4/c1-24-18(23)13-3-2-4-15(11-13)20-17(22)10-9-16(21)12-5-7-14(19)8-6-12/h2-11H,1H3,(H,20,22)/b10-9+. The first-order chi connectivity index (χ1) is 11.5. The van der Waals surface area contributed by atoms with Crippen LogP contribution in [-0.4, -0.2) is 24.8 Å². The SMILES string of the molecule is COC(=O)c1cccc(NC(=O)/C=C/C(=O)c2ccc(Br)cc2)c1. The maximum absolute atomic E-state index is 12.0. The molecule has 0 saturated carbocycles. The number of rotatable bonds is 5. The van der Waals surface area contributed by atoms with Crippen molar-refractivity contribution in [2.45, 2.75) is 0 Å². The van der Waals surface area contributed by atoms with E-state index >= 15 is 0 Å². The fraction of sp³-hybridized carbons (Fsp3) is 0.0556. The molecule has 24 heavy (non-hydrogen) atoms. The van der Waals surface area contributed by atoms with Crippen LogP contribution >= 0.6 is 15.9 Å². The highest BCUT2D eigenvalue weighted by molar-refractivity contribution is 9.10. The largest absolute Gasteiger partial charge is 0.465 e. The third kappa shape index (κ3) is 4.89. The number of amides is 1. The highest BCUT2D eigenvalue weighted by Gasteiger charge is 2.07. The zero-order valence-electron chi connectivity index (χ0n) is 12.8. The van der Waals surface area contributed by atoms with Crippen LogP contribution in [0, 0.1) is 0 Å². The molecule has 1 N–H and O–H groups in total. The fourth-order valence-electron chi connectivity index (χ4n) is 1.89. The topological polar surface area (TPSA) is 72.5 Å². The summed E-state index contributed by atoms with van der Waals surface area (Å²) in [5, 5.41) is 2.58. The Morgan fingerprint density at radius 1 is 1.00 bits per heavy atom. The van der Waals surface area contributed by atoms with E-state index in [-0.39, 0.29) is 5.78 Å². The van der Waals surface area contributed by atoms with E-state index in [1.165, 1.54) is 19.3 Å². The van der Waals surface area contributed by atoms with Gasteiger partial charge in [-0.25, -0.2) is 4.79 Å². The highest BCUT2D eigenvalue weighted by atomic mass is 79.9. The molecule has 122 valence electrons. The Kier molecular flexibility index (Phi) is 6.03. The number of carbonyl (C=O) groups is 3. The van der Waals surface area contributed by atoms with E-state index in [1.54, 1.807) is 42.5 Å². The molecule has 0 aliphatic rings. The summed E-state index contributed by atoms with van der Waals surface area (Å²) in [5.41, 5.74) is 1.24. The van der Waals surface area contributed by atoms with Gasteiger partial charge >= 0.3 is 5.97 Å². The molecule has 6 heteroatoms. The Morgan fingerprint density at radius 2 is 1.71 bits per heavy atom. The molecule has 2 rings (SSSR count). The number of nitrogens with one attached hydrogen (secondary N) is 1. The minimum Gasteiger partial charge on any atom is -0.465 e. The van der Waals surface area contributed by atoms with Crippen LogP contribution in [0.5, 0.6) is 0 Å². The molecule has 0 aromatic heterocycles. The van der Waals surface area contributed by atoms with Gasteiger partial charge in [-0.3, -0.25) is 9.59 Å². The molecule has 0 unspecified atom stereocenters. The van der Waals surface area contributed by atoms with Crippen LogP contribution < -0.4 is 5.32 Å². The van der Waals surface area contributed by atoms with Gasteiger partial charge in [0, 0.05) is 21.8 Å². The van der Waals surface area contributed by atoms with E-state index in [9.17, 15) is 14.4 Å². The third-order valence-electron chi connectivity index (χ3n) is 3.07. The van der Waals surface area contributed by atoms with Crippen molar-refractivity contribution in [3.05, 3.63) is 76.3 Å². The lowest BCUT2D eigenvalue weighted by Crippen LogP contribution is -2.10.